The molecule has 0 saturated carbocycles. The Hall–Kier alpha value is -2.42. The van der Waals surface area contributed by atoms with Gasteiger partial charge in [0.2, 0.25) is 0 Å². The summed E-state index contributed by atoms with van der Waals surface area (Å²) in [5, 5.41) is 12.6. The predicted molar refractivity (Wildman–Crippen MR) is 73.7 cm³/mol. The van der Waals surface area contributed by atoms with Crippen LogP contribution in [0.4, 0.5) is 0 Å². The molecular weight excluding hydrogens is 224 g/mol. The highest BCUT2D eigenvalue weighted by atomic mass is 16.4. The molecule has 2 rings (SSSR count). The lowest BCUT2D eigenvalue weighted by Gasteiger charge is -2.08. The quantitative estimate of drug-likeness (QED) is 0.498. The van der Waals surface area contributed by atoms with Crippen LogP contribution < -0.4 is 0 Å². The summed E-state index contributed by atoms with van der Waals surface area (Å²) in [5.74, 6) is 0. The highest BCUT2D eigenvalue weighted by molar-refractivity contribution is 6.53. The van der Waals surface area contributed by atoms with Crippen LogP contribution in [0.25, 0.3) is 0 Å². The third-order valence-corrected chi connectivity index (χ3v) is 2.64. The maximum atomic E-state index is 9.25. The summed E-state index contributed by atoms with van der Waals surface area (Å²) < 4.78 is 0. The first-order valence-corrected chi connectivity index (χ1v) is 5.67. The summed E-state index contributed by atoms with van der Waals surface area (Å²) in [6, 6.07) is 19.2. The fourth-order valence-electron chi connectivity index (χ4n) is 1.81. The Kier molecular flexibility index (Phi) is 3.86. The SMILES string of the molecule is CN=C(C(=NO)c1ccccc1)c1ccccc1. The van der Waals surface area contributed by atoms with E-state index in [2.05, 4.69) is 10.1 Å². The van der Waals surface area contributed by atoms with E-state index < -0.39 is 0 Å². The van der Waals surface area contributed by atoms with Gasteiger partial charge in [0.15, 0.2) is 0 Å². The zero-order chi connectivity index (χ0) is 12.8. The molecule has 2 aromatic carbocycles. The lowest BCUT2D eigenvalue weighted by Crippen LogP contribution is -2.17. The summed E-state index contributed by atoms with van der Waals surface area (Å²) in [4.78, 5) is 4.23. The molecule has 2 aromatic rings. The first-order valence-electron chi connectivity index (χ1n) is 5.67. The summed E-state index contributed by atoms with van der Waals surface area (Å²) in [5.41, 5.74) is 2.91. The number of oxime groups is 1. The normalized spacial score (nSPS) is 12.5. The van der Waals surface area contributed by atoms with Crippen LogP contribution in [0.3, 0.4) is 0 Å². The van der Waals surface area contributed by atoms with Gasteiger partial charge in [0.25, 0.3) is 0 Å². The highest BCUT2D eigenvalue weighted by Gasteiger charge is 2.13. The Morgan fingerprint density at radius 3 is 1.61 bits per heavy atom. The molecular formula is C15H14N2O. The Morgan fingerprint density at radius 1 is 0.778 bits per heavy atom. The molecule has 1 N–H and O–H groups in total. The number of benzene rings is 2. The van der Waals surface area contributed by atoms with E-state index in [1.165, 1.54) is 0 Å². The maximum Gasteiger partial charge on any atom is 0.135 e. The molecule has 18 heavy (non-hydrogen) atoms. The van der Waals surface area contributed by atoms with E-state index in [4.69, 9.17) is 0 Å². The Labute approximate surface area is 106 Å². The second-order valence-corrected chi connectivity index (χ2v) is 3.75. The Morgan fingerprint density at radius 2 is 1.22 bits per heavy atom. The summed E-state index contributed by atoms with van der Waals surface area (Å²) in [6.07, 6.45) is 0. The van der Waals surface area contributed by atoms with E-state index in [-0.39, 0.29) is 0 Å². The molecule has 0 spiro atoms. The minimum absolute atomic E-state index is 0.476. The van der Waals surface area contributed by atoms with E-state index >= 15 is 0 Å². The lowest BCUT2D eigenvalue weighted by atomic mass is 10.00. The molecule has 0 amide bonds. The van der Waals surface area contributed by atoms with E-state index in [0.29, 0.717) is 11.4 Å². The van der Waals surface area contributed by atoms with Gasteiger partial charge < -0.3 is 5.21 Å². The zero-order valence-corrected chi connectivity index (χ0v) is 10.1. The van der Waals surface area contributed by atoms with Gasteiger partial charge in [0.1, 0.15) is 5.71 Å². The molecule has 0 heterocycles. The van der Waals surface area contributed by atoms with Crippen LogP contribution in [-0.2, 0) is 0 Å². The molecule has 3 heteroatoms. The second-order valence-electron chi connectivity index (χ2n) is 3.75. The Bertz CT molecular complexity index is 506. The van der Waals surface area contributed by atoms with Crippen molar-refractivity contribution in [3.05, 3.63) is 71.8 Å². The van der Waals surface area contributed by atoms with Crippen molar-refractivity contribution in [2.75, 3.05) is 7.05 Å². The summed E-state index contributed by atoms with van der Waals surface area (Å²) in [6.45, 7) is 0. The molecule has 0 radical (unpaired) electrons. The van der Waals surface area contributed by atoms with E-state index in [0.717, 1.165) is 11.1 Å². The van der Waals surface area contributed by atoms with Crippen LogP contribution in [-0.4, -0.2) is 23.7 Å². The molecule has 0 aliphatic carbocycles. The molecule has 0 bridgehead atoms. The number of rotatable bonds is 3. The molecule has 0 fully saturated rings. The van der Waals surface area contributed by atoms with Crippen molar-refractivity contribution in [3.8, 4) is 0 Å². The van der Waals surface area contributed by atoms with E-state index in [1.54, 1.807) is 7.05 Å². The van der Waals surface area contributed by atoms with Crippen molar-refractivity contribution < 1.29 is 5.21 Å². The van der Waals surface area contributed by atoms with Gasteiger partial charge in [-0.1, -0.05) is 65.8 Å². The topological polar surface area (TPSA) is 45.0 Å². The highest BCUT2D eigenvalue weighted by Crippen LogP contribution is 2.09. The third kappa shape index (κ3) is 2.46. The average molecular weight is 238 g/mol. The number of hydrogen-bond acceptors (Lipinski definition) is 3. The van der Waals surface area contributed by atoms with Crippen LogP contribution in [0.1, 0.15) is 11.1 Å². The molecule has 0 aliphatic heterocycles. The van der Waals surface area contributed by atoms with Crippen LogP contribution in [0, 0.1) is 0 Å². The Balaban J connectivity index is 2.45. The van der Waals surface area contributed by atoms with Gasteiger partial charge >= 0.3 is 0 Å². The minimum atomic E-state index is 0.476. The maximum absolute atomic E-state index is 9.25. The fraction of sp³-hybridized carbons (Fsp3) is 0.0667. The van der Waals surface area contributed by atoms with Gasteiger partial charge in [-0.05, 0) is 0 Å². The van der Waals surface area contributed by atoms with Crippen LogP contribution in [0.2, 0.25) is 0 Å². The smallest absolute Gasteiger partial charge is 0.135 e. The summed E-state index contributed by atoms with van der Waals surface area (Å²) in [7, 11) is 1.69. The number of nitrogens with zero attached hydrogens (tertiary/aromatic N) is 2. The first-order chi connectivity index (χ1) is 8.86. The number of aliphatic imine (C=N–C) groups is 1. The van der Waals surface area contributed by atoms with E-state index in [1.807, 2.05) is 60.7 Å². The average Bonchev–Trinajstić information content (AvgIpc) is 2.46. The van der Waals surface area contributed by atoms with Gasteiger partial charge in [0, 0.05) is 18.2 Å². The van der Waals surface area contributed by atoms with Crippen molar-refractivity contribution >= 4 is 11.4 Å². The van der Waals surface area contributed by atoms with Gasteiger partial charge in [-0.3, -0.25) is 4.99 Å². The fourth-order valence-corrected chi connectivity index (χ4v) is 1.81. The largest absolute Gasteiger partial charge is 0.410 e. The minimum Gasteiger partial charge on any atom is -0.410 e. The first kappa shape index (κ1) is 12.0. The molecule has 3 nitrogen and oxygen atoms in total. The van der Waals surface area contributed by atoms with Gasteiger partial charge in [-0.2, -0.15) is 0 Å². The third-order valence-electron chi connectivity index (χ3n) is 2.64. The van der Waals surface area contributed by atoms with Gasteiger partial charge in [-0.15, -0.1) is 0 Å². The monoisotopic (exact) mass is 238 g/mol. The standard InChI is InChI=1S/C15H14N2O/c1-16-14(12-8-4-2-5-9-12)15(17-18)13-10-6-3-7-11-13/h2-11,18H,1H3. The van der Waals surface area contributed by atoms with Crippen LogP contribution in [0.15, 0.2) is 70.8 Å². The predicted octanol–water partition coefficient (Wildman–Crippen LogP) is 2.98. The molecule has 0 saturated heterocycles. The molecule has 0 atom stereocenters. The lowest BCUT2D eigenvalue weighted by molar-refractivity contribution is 0.320. The van der Waals surface area contributed by atoms with Crippen molar-refractivity contribution in [1.29, 1.82) is 0 Å². The van der Waals surface area contributed by atoms with Gasteiger partial charge in [0.05, 0.1) is 5.71 Å². The van der Waals surface area contributed by atoms with Crippen LogP contribution >= 0.6 is 0 Å². The second kappa shape index (κ2) is 5.77. The molecule has 0 aromatic heterocycles. The van der Waals surface area contributed by atoms with E-state index in [9.17, 15) is 5.21 Å². The van der Waals surface area contributed by atoms with Gasteiger partial charge in [-0.25, -0.2) is 0 Å². The zero-order valence-electron chi connectivity index (χ0n) is 10.1. The van der Waals surface area contributed by atoms with Crippen LogP contribution in [0.5, 0.6) is 0 Å². The molecule has 90 valence electrons. The van der Waals surface area contributed by atoms with Crippen molar-refractivity contribution in [3.63, 3.8) is 0 Å². The van der Waals surface area contributed by atoms with Crippen molar-refractivity contribution in [2.45, 2.75) is 0 Å². The molecule has 0 unspecified atom stereocenters. The van der Waals surface area contributed by atoms with Crippen molar-refractivity contribution in [2.24, 2.45) is 10.1 Å². The summed E-state index contributed by atoms with van der Waals surface area (Å²) >= 11 is 0. The number of hydrogen-bond donors (Lipinski definition) is 1. The molecule has 0 aliphatic rings. The van der Waals surface area contributed by atoms with Crippen molar-refractivity contribution in [1.82, 2.24) is 0 Å².